The van der Waals surface area contributed by atoms with Gasteiger partial charge in [0.05, 0.1) is 15.8 Å². The Morgan fingerprint density at radius 1 is 1.08 bits per heavy atom. The molecule has 1 heterocycles. The van der Waals surface area contributed by atoms with Crippen LogP contribution in [0.2, 0.25) is 10.0 Å². The number of rotatable bonds is 13. The van der Waals surface area contributed by atoms with Crippen LogP contribution in [0.15, 0.2) is 58.6 Å². The Bertz CT molecular complexity index is 1090. The van der Waals surface area contributed by atoms with Gasteiger partial charge in [-0.3, -0.25) is 10.4 Å². The number of halogens is 2. The Hall–Kier alpha value is -1.75. The van der Waals surface area contributed by atoms with Crippen molar-refractivity contribution >= 4 is 52.6 Å². The summed E-state index contributed by atoms with van der Waals surface area (Å²) in [6.07, 6.45) is 10.5. The fourth-order valence-corrected chi connectivity index (χ4v) is 6.41. The topological polar surface area (TPSA) is 39.5 Å². The molecule has 1 aliphatic heterocycles. The molecular formula is C32H43Cl2N3S. The van der Waals surface area contributed by atoms with Gasteiger partial charge in [0.1, 0.15) is 0 Å². The minimum Gasteiger partial charge on any atom is -0.371 e. The number of hydrogen-bond donors (Lipinski definition) is 1. The van der Waals surface area contributed by atoms with Gasteiger partial charge in [-0.2, -0.15) is 11.8 Å². The zero-order valence-electron chi connectivity index (χ0n) is 23.4. The summed E-state index contributed by atoms with van der Waals surface area (Å²) in [5, 5.41) is 10.2. The second-order valence-electron chi connectivity index (χ2n) is 10.3. The number of benzene rings is 2. The van der Waals surface area contributed by atoms with E-state index >= 15 is 0 Å². The fraction of sp³-hybridized carbons (Fsp3) is 0.500. The number of anilines is 1. The highest BCUT2D eigenvalue weighted by atomic mass is 35.5. The zero-order chi connectivity index (χ0) is 27.5. The number of nitrogens with one attached hydrogen (secondary N) is 1. The average Bonchev–Trinajstić information content (AvgIpc) is 2.91. The van der Waals surface area contributed by atoms with Crippen molar-refractivity contribution in [2.75, 3.05) is 36.5 Å². The number of hydrogen-bond acceptors (Lipinski definition) is 4. The molecule has 0 aromatic heterocycles. The molecule has 0 aliphatic carbocycles. The van der Waals surface area contributed by atoms with E-state index in [4.69, 9.17) is 28.6 Å². The van der Waals surface area contributed by atoms with Crippen LogP contribution >= 0.6 is 35.0 Å². The predicted molar refractivity (Wildman–Crippen MR) is 172 cm³/mol. The summed E-state index contributed by atoms with van der Waals surface area (Å²) in [5.41, 5.74) is 6.04. The molecule has 6 heteroatoms. The molecule has 3 rings (SSSR count). The monoisotopic (exact) mass is 571 g/mol. The molecule has 2 atom stereocenters. The molecule has 3 nitrogen and oxygen atoms in total. The first-order chi connectivity index (χ1) is 18.4. The van der Waals surface area contributed by atoms with Crippen molar-refractivity contribution in [3.05, 3.63) is 74.8 Å². The van der Waals surface area contributed by atoms with E-state index < -0.39 is 0 Å². The summed E-state index contributed by atoms with van der Waals surface area (Å²) in [4.78, 5) is 7.06. The van der Waals surface area contributed by atoms with Gasteiger partial charge in [-0.15, -0.1) is 0 Å². The summed E-state index contributed by atoms with van der Waals surface area (Å²) in [7, 11) is 0. The summed E-state index contributed by atoms with van der Waals surface area (Å²) in [6.45, 7) is 9.72. The van der Waals surface area contributed by atoms with Gasteiger partial charge in [0.25, 0.3) is 0 Å². The van der Waals surface area contributed by atoms with E-state index in [1.807, 2.05) is 36.2 Å². The minimum absolute atomic E-state index is 0.495. The van der Waals surface area contributed by atoms with E-state index in [-0.39, 0.29) is 0 Å². The molecule has 0 radical (unpaired) electrons. The van der Waals surface area contributed by atoms with Crippen LogP contribution in [0, 0.1) is 17.2 Å². The third kappa shape index (κ3) is 8.37. The number of nitrogens with zero attached hydrogens (tertiary/aromatic N) is 2. The Kier molecular flexibility index (Phi) is 12.8. The lowest BCUT2D eigenvalue weighted by Gasteiger charge is -2.40. The van der Waals surface area contributed by atoms with Gasteiger partial charge in [0.15, 0.2) is 0 Å². The maximum Gasteiger partial charge on any atom is 0.0673 e. The summed E-state index contributed by atoms with van der Waals surface area (Å²) in [6, 6.07) is 14.4. The maximum atomic E-state index is 9.07. The van der Waals surface area contributed by atoms with E-state index in [1.165, 1.54) is 29.7 Å². The fourth-order valence-electron chi connectivity index (χ4n) is 5.54. The lowest BCUT2D eigenvalue weighted by molar-refractivity contribution is 0.256. The molecule has 38 heavy (non-hydrogen) atoms. The Morgan fingerprint density at radius 2 is 1.79 bits per heavy atom. The van der Waals surface area contributed by atoms with Gasteiger partial charge >= 0.3 is 0 Å². The Morgan fingerprint density at radius 3 is 2.42 bits per heavy atom. The largest absolute Gasteiger partial charge is 0.371 e. The molecule has 1 N–H and O–H groups in total. The zero-order valence-corrected chi connectivity index (χ0v) is 25.7. The Labute approximate surface area is 244 Å². The van der Waals surface area contributed by atoms with Crippen LogP contribution in [0.4, 0.5) is 5.69 Å². The standard InChI is InChI=1S/C32H43Cl2N3S/c1-5-8-23(3)28(32(35)31-29(33)9-7-10-30(31)34)16-13-26-17-19-37(22-25(26)6-2)27-14-11-24(12-15-27)21-36-18-20-38-4/h7,9-12,14-15,21,25-26,35H,5-6,8,13,16-20,22H2,1-4H3/b28-23+,35-32?,36-21?. The molecule has 1 fully saturated rings. The SMILES string of the molecule is CCC/C(C)=C(\CCC1CCN(c2ccc(C=NCCSC)cc2)CC1CC)C(=N)c1c(Cl)cccc1Cl. The van der Waals surface area contributed by atoms with Crippen LogP contribution in [-0.2, 0) is 0 Å². The average molecular weight is 573 g/mol. The van der Waals surface area contributed by atoms with E-state index in [9.17, 15) is 0 Å². The van der Waals surface area contributed by atoms with Crippen molar-refractivity contribution in [1.82, 2.24) is 0 Å². The molecule has 1 saturated heterocycles. The summed E-state index contributed by atoms with van der Waals surface area (Å²) in [5.74, 6) is 2.35. The number of thioether (sulfide) groups is 1. The van der Waals surface area contributed by atoms with Crippen molar-refractivity contribution in [1.29, 1.82) is 5.41 Å². The van der Waals surface area contributed by atoms with Gasteiger partial charge in [0, 0.05) is 42.9 Å². The molecule has 2 aromatic carbocycles. The van der Waals surface area contributed by atoms with Crippen molar-refractivity contribution in [3.8, 4) is 0 Å². The number of piperidine rings is 1. The predicted octanol–water partition coefficient (Wildman–Crippen LogP) is 9.59. The second-order valence-corrected chi connectivity index (χ2v) is 12.1. The van der Waals surface area contributed by atoms with Crippen LogP contribution in [-0.4, -0.2) is 43.6 Å². The summed E-state index contributed by atoms with van der Waals surface area (Å²) >= 11 is 14.8. The molecule has 0 saturated carbocycles. The highest BCUT2D eigenvalue weighted by Crippen LogP contribution is 2.36. The van der Waals surface area contributed by atoms with Gasteiger partial charge in [0.2, 0.25) is 0 Å². The van der Waals surface area contributed by atoms with Crippen molar-refractivity contribution in [2.45, 2.75) is 59.3 Å². The van der Waals surface area contributed by atoms with Gasteiger partial charge < -0.3 is 4.90 Å². The van der Waals surface area contributed by atoms with Gasteiger partial charge in [-0.1, -0.05) is 73.7 Å². The minimum atomic E-state index is 0.495. The summed E-state index contributed by atoms with van der Waals surface area (Å²) < 4.78 is 0. The highest BCUT2D eigenvalue weighted by Gasteiger charge is 2.29. The van der Waals surface area contributed by atoms with E-state index in [0.717, 1.165) is 56.6 Å². The molecule has 2 aromatic rings. The first-order valence-corrected chi connectivity index (χ1v) is 16.1. The van der Waals surface area contributed by atoms with Crippen LogP contribution in [0.5, 0.6) is 0 Å². The first kappa shape index (κ1) is 30.8. The van der Waals surface area contributed by atoms with E-state index in [2.05, 4.69) is 61.2 Å². The lowest BCUT2D eigenvalue weighted by Crippen LogP contribution is -2.40. The van der Waals surface area contributed by atoms with Crippen molar-refractivity contribution in [3.63, 3.8) is 0 Å². The van der Waals surface area contributed by atoms with Gasteiger partial charge in [-0.05, 0) is 86.1 Å². The molecule has 0 spiro atoms. The number of aliphatic imine (C=N–C) groups is 1. The van der Waals surface area contributed by atoms with E-state index in [0.29, 0.717) is 33.2 Å². The quantitative estimate of drug-likeness (QED) is 0.192. The first-order valence-electron chi connectivity index (χ1n) is 13.9. The highest BCUT2D eigenvalue weighted by molar-refractivity contribution is 7.98. The van der Waals surface area contributed by atoms with Gasteiger partial charge in [-0.25, -0.2) is 0 Å². The van der Waals surface area contributed by atoms with Crippen LogP contribution in [0.1, 0.15) is 70.4 Å². The second kappa shape index (κ2) is 15.7. The van der Waals surface area contributed by atoms with Crippen LogP contribution in [0.25, 0.3) is 0 Å². The molecular weight excluding hydrogens is 529 g/mol. The normalized spacial score (nSPS) is 18.6. The molecule has 1 aliphatic rings. The third-order valence-electron chi connectivity index (χ3n) is 7.76. The van der Waals surface area contributed by atoms with Crippen molar-refractivity contribution < 1.29 is 0 Å². The molecule has 0 amide bonds. The lowest BCUT2D eigenvalue weighted by atomic mass is 9.78. The van der Waals surface area contributed by atoms with E-state index in [1.54, 1.807) is 0 Å². The maximum absolute atomic E-state index is 9.07. The van der Waals surface area contributed by atoms with Crippen molar-refractivity contribution in [2.24, 2.45) is 16.8 Å². The van der Waals surface area contributed by atoms with Crippen LogP contribution < -0.4 is 4.90 Å². The molecule has 0 bridgehead atoms. The smallest absolute Gasteiger partial charge is 0.0673 e. The Balaban J connectivity index is 1.67. The molecule has 206 valence electrons. The third-order valence-corrected chi connectivity index (χ3v) is 8.98. The van der Waals surface area contributed by atoms with Crippen LogP contribution in [0.3, 0.4) is 0 Å². The molecule has 2 unspecified atom stereocenters. The number of allylic oxidation sites excluding steroid dienone is 2.